The van der Waals surface area contributed by atoms with E-state index in [1.54, 1.807) is 11.0 Å². The van der Waals surface area contributed by atoms with Gasteiger partial charge in [0.2, 0.25) is 11.8 Å². The first-order chi connectivity index (χ1) is 15.0. The van der Waals surface area contributed by atoms with Crippen molar-refractivity contribution in [2.75, 3.05) is 11.9 Å². The first-order valence-corrected chi connectivity index (χ1v) is 11.8. The molecule has 7 nitrogen and oxygen atoms in total. The van der Waals surface area contributed by atoms with E-state index in [0.29, 0.717) is 16.6 Å². The first kappa shape index (κ1) is 20.2. The predicted octanol–water partition coefficient (Wildman–Crippen LogP) is 3.07. The number of thiazole rings is 1. The Morgan fingerprint density at radius 2 is 2.03 bits per heavy atom. The molecule has 0 saturated heterocycles. The highest BCUT2D eigenvalue weighted by Crippen LogP contribution is 2.42. The second kappa shape index (κ2) is 8.07. The number of amides is 3. The van der Waals surface area contributed by atoms with Crippen LogP contribution in [-0.4, -0.2) is 40.2 Å². The van der Waals surface area contributed by atoms with Gasteiger partial charge in [0.05, 0.1) is 12.2 Å². The van der Waals surface area contributed by atoms with Gasteiger partial charge in [0.1, 0.15) is 6.04 Å². The van der Waals surface area contributed by atoms with Gasteiger partial charge in [-0.3, -0.25) is 14.4 Å². The zero-order valence-corrected chi connectivity index (χ0v) is 18.3. The van der Waals surface area contributed by atoms with Crippen LogP contribution in [0.15, 0.2) is 24.3 Å². The maximum absolute atomic E-state index is 13.0. The van der Waals surface area contributed by atoms with Crippen molar-refractivity contribution in [2.45, 2.75) is 57.5 Å². The molecule has 1 aliphatic heterocycles. The summed E-state index contributed by atoms with van der Waals surface area (Å²) in [7, 11) is 0. The second-order valence-electron chi connectivity index (χ2n) is 8.61. The highest BCUT2D eigenvalue weighted by molar-refractivity contribution is 7.15. The molecule has 3 amide bonds. The molecule has 0 spiro atoms. The van der Waals surface area contributed by atoms with Gasteiger partial charge >= 0.3 is 0 Å². The molecule has 2 heterocycles. The zero-order valence-electron chi connectivity index (χ0n) is 17.5. The van der Waals surface area contributed by atoms with Crippen molar-refractivity contribution >= 4 is 34.2 Å². The SMILES string of the molecule is CCC1CCc2nc(NC(=O)CNC(=O)C3c4ccccc4C(=O)N3C3CC3)sc2C1. The number of rotatable bonds is 6. The van der Waals surface area contributed by atoms with Crippen LogP contribution in [0.4, 0.5) is 5.13 Å². The maximum atomic E-state index is 13.0. The first-order valence-electron chi connectivity index (χ1n) is 11.0. The van der Waals surface area contributed by atoms with Gasteiger partial charge in [0.25, 0.3) is 5.91 Å². The van der Waals surface area contributed by atoms with Gasteiger partial charge in [0.15, 0.2) is 5.13 Å². The highest BCUT2D eigenvalue weighted by atomic mass is 32.1. The Kier molecular flexibility index (Phi) is 5.25. The molecule has 5 rings (SSSR count). The lowest BCUT2D eigenvalue weighted by Gasteiger charge is -2.24. The molecule has 2 N–H and O–H groups in total. The summed E-state index contributed by atoms with van der Waals surface area (Å²) in [4.78, 5) is 45.7. The minimum Gasteiger partial charge on any atom is -0.345 e. The molecule has 1 saturated carbocycles. The number of fused-ring (bicyclic) bond motifs is 2. The third-order valence-electron chi connectivity index (χ3n) is 6.48. The van der Waals surface area contributed by atoms with E-state index in [-0.39, 0.29) is 30.3 Å². The number of aromatic nitrogens is 1. The number of hydrogen-bond donors (Lipinski definition) is 2. The molecular weight excluding hydrogens is 412 g/mol. The molecule has 0 bridgehead atoms. The van der Waals surface area contributed by atoms with E-state index in [9.17, 15) is 14.4 Å². The van der Waals surface area contributed by atoms with Crippen molar-refractivity contribution in [3.05, 3.63) is 46.0 Å². The highest BCUT2D eigenvalue weighted by Gasteiger charge is 2.47. The van der Waals surface area contributed by atoms with Gasteiger partial charge in [-0.25, -0.2) is 4.98 Å². The Morgan fingerprint density at radius 1 is 1.23 bits per heavy atom. The third kappa shape index (κ3) is 3.84. The van der Waals surface area contributed by atoms with E-state index in [4.69, 9.17) is 0 Å². The smallest absolute Gasteiger partial charge is 0.255 e. The fraction of sp³-hybridized carbons (Fsp3) is 0.478. The summed E-state index contributed by atoms with van der Waals surface area (Å²) in [5.74, 6) is -0.0182. The third-order valence-corrected chi connectivity index (χ3v) is 7.51. The topological polar surface area (TPSA) is 91.4 Å². The average molecular weight is 439 g/mol. The van der Waals surface area contributed by atoms with Crippen molar-refractivity contribution in [1.29, 1.82) is 0 Å². The average Bonchev–Trinajstić information content (AvgIpc) is 3.47. The Labute approximate surface area is 185 Å². The molecule has 31 heavy (non-hydrogen) atoms. The number of anilines is 1. The summed E-state index contributed by atoms with van der Waals surface area (Å²) in [6, 6.07) is 6.68. The molecule has 8 heteroatoms. The van der Waals surface area contributed by atoms with Crippen LogP contribution in [0.5, 0.6) is 0 Å². The lowest BCUT2D eigenvalue weighted by atomic mass is 9.89. The van der Waals surface area contributed by atoms with Gasteiger partial charge in [-0.1, -0.05) is 31.5 Å². The lowest BCUT2D eigenvalue weighted by molar-refractivity contribution is -0.127. The van der Waals surface area contributed by atoms with Crippen molar-refractivity contribution in [3.8, 4) is 0 Å². The predicted molar refractivity (Wildman–Crippen MR) is 118 cm³/mol. The van der Waals surface area contributed by atoms with Crippen LogP contribution < -0.4 is 10.6 Å². The summed E-state index contributed by atoms with van der Waals surface area (Å²) in [6.07, 6.45) is 6.13. The molecule has 1 fully saturated rings. The Hall–Kier alpha value is -2.74. The number of benzene rings is 1. The van der Waals surface area contributed by atoms with Crippen LogP contribution in [0.2, 0.25) is 0 Å². The number of carbonyl (C=O) groups excluding carboxylic acids is 3. The number of aryl methyl sites for hydroxylation is 1. The van der Waals surface area contributed by atoms with Crippen LogP contribution in [0.1, 0.15) is 65.1 Å². The fourth-order valence-electron chi connectivity index (χ4n) is 4.61. The molecule has 162 valence electrons. The van der Waals surface area contributed by atoms with Crippen LogP contribution in [-0.2, 0) is 22.4 Å². The zero-order chi connectivity index (χ0) is 21.5. The maximum Gasteiger partial charge on any atom is 0.255 e. The summed E-state index contributed by atoms with van der Waals surface area (Å²) < 4.78 is 0. The number of nitrogens with zero attached hydrogens (tertiary/aromatic N) is 2. The molecule has 2 atom stereocenters. The number of hydrogen-bond acceptors (Lipinski definition) is 5. The van der Waals surface area contributed by atoms with E-state index in [2.05, 4.69) is 22.5 Å². The molecule has 2 aliphatic carbocycles. The minimum atomic E-state index is -0.665. The largest absolute Gasteiger partial charge is 0.345 e. The van der Waals surface area contributed by atoms with Gasteiger partial charge in [0, 0.05) is 16.5 Å². The second-order valence-corrected chi connectivity index (χ2v) is 9.69. The monoisotopic (exact) mass is 438 g/mol. The summed E-state index contributed by atoms with van der Waals surface area (Å²) in [5.41, 5.74) is 2.39. The van der Waals surface area contributed by atoms with Gasteiger partial charge in [-0.2, -0.15) is 0 Å². The van der Waals surface area contributed by atoms with Crippen molar-refractivity contribution in [3.63, 3.8) is 0 Å². The van der Waals surface area contributed by atoms with Gasteiger partial charge < -0.3 is 15.5 Å². The minimum absolute atomic E-state index is 0.0959. The quantitative estimate of drug-likeness (QED) is 0.725. The van der Waals surface area contributed by atoms with Crippen LogP contribution in [0, 0.1) is 5.92 Å². The summed E-state index contributed by atoms with van der Waals surface area (Å²) in [5, 5.41) is 6.15. The van der Waals surface area contributed by atoms with E-state index in [1.165, 1.54) is 16.2 Å². The summed E-state index contributed by atoms with van der Waals surface area (Å²) >= 11 is 1.54. The van der Waals surface area contributed by atoms with E-state index in [1.807, 2.05) is 18.2 Å². The molecule has 1 aromatic heterocycles. The van der Waals surface area contributed by atoms with Crippen LogP contribution in [0.25, 0.3) is 0 Å². The van der Waals surface area contributed by atoms with Crippen molar-refractivity contribution in [1.82, 2.24) is 15.2 Å². The fourth-order valence-corrected chi connectivity index (χ4v) is 5.74. The molecule has 2 unspecified atom stereocenters. The van der Waals surface area contributed by atoms with Gasteiger partial charge in [-0.05, 0) is 49.7 Å². The molecular formula is C23H26N4O3S. The standard InChI is InChI=1S/C23H26N4O3S/c1-2-13-7-10-17-18(11-13)31-23(25-17)26-19(28)12-24-21(29)20-15-5-3-4-6-16(15)22(30)27(20)14-8-9-14/h3-6,13-14,20H,2,7-12H2,1H3,(H,24,29)(H,25,26,28). The molecule has 0 radical (unpaired) electrons. The number of carbonyl (C=O) groups is 3. The van der Waals surface area contributed by atoms with Crippen molar-refractivity contribution in [2.24, 2.45) is 5.92 Å². The van der Waals surface area contributed by atoms with Crippen LogP contribution >= 0.6 is 11.3 Å². The summed E-state index contributed by atoms with van der Waals surface area (Å²) in [6.45, 7) is 2.06. The van der Waals surface area contributed by atoms with Gasteiger partial charge in [-0.15, -0.1) is 11.3 Å². The molecule has 2 aromatic rings. The Morgan fingerprint density at radius 3 is 2.81 bits per heavy atom. The Balaban J connectivity index is 1.22. The van der Waals surface area contributed by atoms with E-state index < -0.39 is 6.04 Å². The van der Waals surface area contributed by atoms with E-state index in [0.717, 1.165) is 49.8 Å². The molecule has 1 aromatic carbocycles. The molecule has 3 aliphatic rings. The normalized spacial score (nSPS) is 22.1. The van der Waals surface area contributed by atoms with E-state index >= 15 is 0 Å². The number of nitrogens with one attached hydrogen (secondary N) is 2. The Bertz CT molecular complexity index is 1050. The van der Waals surface area contributed by atoms with Crippen molar-refractivity contribution < 1.29 is 14.4 Å². The van der Waals surface area contributed by atoms with Crippen LogP contribution in [0.3, 0.4) is 0 Å². The lowest BCUT2D eigenvalue weighted by Crippen LogP contribution is -2.42.